The predicted octanol–water partition coefficient (Wildman–Crippen LogP) is 0.540. The largest absolute Gasteiger partial charge is 0.275 e. The van der Waals surface area contributed by atoms with Crippen LogP contribution in [0, 0.1) is 6.20 Å². The molecule has 1 radical (unpaired) electrons. The first-order valence-corrected chi connectivity index (χ1v) is 2.43. The fourth-order valence-corrected chi connectivity index (χ4v) is 0.480. The highest BCUT2D eigenvalue weighted by atomic mass is 32.2. The van der Waals surface area contributed by atoms with E-state index in [-0.39, 0.29) is 0 Å². The first kappa shape index (κ1) is 3.74. The molecule has 0 aromatic rings. The Morgan fingerprint density at radius 3 is 3.00 bits per heavy atom. The van der Waals surface area contributed by atoms with Gasteiger partial charge in [-0.15, -0.1) is 0 Å². The Kier molecular flexibility index (Phi) is 1.17. The van der Waals surface area contributed by atoms with Crippen molar-refractivity contribution in [2.45, 2.75) is 0 Å². The molecule has 1 aliphatic rings. The van der Waals surface area contributed by atoms with Crippen molar-refractivity contribution in [2.75, 3.05) is 0 Å². The maximum Gasteiger partial charge on any atom is 0.0884 e. The number of hydrogen-bond donors (Lipinski definition) is 1. The zero-order chi connectivity index (χ0) is 4.24. The Morgan fingerprint density at radius 2 is 2.83 bits per heavy atom. The summed E-state index contributed by atoms with van der Waals surface area (Å²) in [4.78, 5) is 0. The van der Waals surface area contributed by atoms with Crippen LogP contribution in [0.4, 0.5) is 0 Å². The Hall–Kier alpha value is -0.440. The molecule has 0 aliphatic carbocycles. The van der Waals surface area contributed by atoms with E-state index in [0.717, 1.165) is 0 Å². The van der Waals surface area contributed by atoms with Gasteiger partial charge in [-0.1, -0.05) is 11.8 Å². The molecule has 31 valence electrons. The van der Waals surface area contributed by atoms with E-state index in [1.165, 1.54) is 11.8 Å². The Morgan fingerprint density at radius 1 is 1.83 bits per heavy atom. The Bertz CT molecular complexity index is 66.8. The van der Waals surface area contributed by atoms with Gasteiger partial charge in [0, 0.05) is 5.41 Å². The van der Waals surface area contributed by atoms with Crippen LogP contribution in [0.25, 0.3) is 0 Å². The second-order valence-electron chi connectivity index (χ2n) is 0.745. The molecule has 0 atom stereocenters. The molecule has 0 amide bonds. The van der Waals surface area contributed by atoms with Gasteiger partial charge in [0.1, 0.15) is 0 Å². The van der Waals surface area contributed by atoms with Crippen LogP contribution >= 0.6 is 11.8 Å². The molecular formula is C3H3N2S. The minimum Gasteiger partial charge on any atom is -0.275 e. The number of nitrogens with zero attached hydrogens (tertiary/aromatic N) is 1. The topological polar surface area (TPSA) is 24.4 Å². The normalized spacial score (nSPS) is 17.3. The third-order valence-electron chi connectivity index (χ3n) is 0.370. The van der Waals surface area contributed by atoms with Crippen LogP contribution in [-0.4, -0.2) is 5.55 Å². The standard InChI is InChI=1S/C3H3N2S/c1-2-6-3-5-4-1/h2-4H. The van der Waals surface area contributed by atoms with Gasteiger partial charge in [0.15, 0.2) is 0 Å². The van der Waals surface area contributed by atoms with Gasteiger partial charge in [0.2, 0.25) is 0 Å². The lowest BCUT2D eigenvalue weighted by atomic mass is 11.1. The minimum atomic E-state index is 1.50. The van der Waals surface area contributed by atoms with Crippen LogP contribution < -0.4 is 5.43 Å². The Balaban J connectivity index is 2.40. The van der Waals surface area contributed by atoms with E-state index in [4.69, 9.17) is 0 Å². The zero-order valence-electron chi connectivity index (χ0n) is 3.01. The van der Waals surface area contributed by atoms with Crippen LogP contribution in [0.5, 0.6) is 0 Å². The van der Waals surface area contributed by atoms with Gasteiger partial charge in [-0.25, -0.2) is 0 Å². The van der Waals surface area contributed by atoms with Gasteiger partial charge in [0.25, 0.3) is 0 Å². The average Bonchev–Trinajstić information content (AvgIpc) is 1.72. The lowest BCUT2D eigenvalue weighted by Gasteiger charge is -1.89. The second-order valence-corrected chi connectivity index (χ2v) is 1.46. The van der Waals surface area contributed by atoms with Crippen LogP contribution in [-0.2, 0) is 0 Å². The average molecular weight is 99.1 g/mol. The summed E-state index contributed by atoms with van der Waals surface area (Å²) in [6.07, 6.45) is 2.67. The van der Waals surface area contributed by atoms with Crippen molar-refractivity contribution in [3.05, 3.63) is 11.6 Å². The molecule has 0 fully saturated rings. The van der Waals surface area contributed by atoms with Crippen LogP contribution in [0.2, 0.25) is 0 Å². The second kappa shape index (κ2) is 1.87. The van der Waals surface area contributed by atoms with E-state index >= 15 is 0 Å². The summed E-state index contributed by atoms with van der Waals surface area (Å²) in [5.41, 5.74) is 4.23. The smallest absolute Gasteiger partial charge is 0.0884 e. The maximum atomic E-state index is 3.62. The van der Waals surface area contributed by atoms with Crippen molar-refractivity contribution in [3.8, 4) is 0 Å². The first-order valence-electron chi connectivity index (χ1n) is 1.49. The predicted molar refractivity (Wildman–Crippen MR) is 27.0 cm³/mol. The van der Waals surface area contributed by atoms with Crippen molar-refractivity contribution in [3.63, 3.8) is 0 Å². The van der Waals surface area contributed by atoms with Crippen LogP contribution in [0.1, 0.15) is 0 Å². The van der Waals surface area contributed by atoms with E-state index in [9.17, 15) is 0 Å². The molecule has 1 aliphatic heterocycles. The molecule has 0 bridgehead atoms. The van der Waals surface area contributed by atoms with Gasteiger partial charge < -0.3 is 0 Å². The maximum absolute atomic E-state index is 3.62. The lowest BCUT2D eigenvalue weighted by molar-refractivity contribution is 0.949. The molecule has 6 heavy (non-hydrogen) atoms. The number of hydrazone groups is 1. The van der Waals surface area contributed by atoms with Crippen LogP contribution in [0.15, 0.2) is 10.5 Å². The lowest BCUT2D eigenvalue weighted by Crippen LogP contribution is -1.94. The van der Waals surface area contributed by atoms with Gasteiger partial charge in [-0.3, -0.25) is 5.43 Å². The van der Waals surface area contributed by atoms with Crippen LogP contribution in [0.3, 0.4) is 0 Å². The quantitative estimate of drug-likeness (QED) is 0.479. The number of nitrogens with one attached hydrogen (secondary N) is 1. The van der Waals surface area contributed by atoms with E-state index in [1.807, 2.05) is 0 Å². The third kappa shape index (κ3) is 0.755. The Labute approximate surface area is 40.3 Å². The van der Waals surface area contributed by atoms with Gasteiger partial charge >= 0.3 is 0 Å². The summed E-state index contributed by atoms with van der Waals surface area (Å²) in [5, 5.41) is 5.42. The molecule has 3 heteroatoms. The van der Waals surface area contributed by atoms with Gasteiger partial charge in [0.05, 0.1) is 11.7 Å². The van der Waals surface area contributed by atoms with Gasteiger partial charge in [-0.05, 0) is 0 Å². The molecule has 2 nitrogen and oxygen atoms in total. The molecule has 1 rings (SSSR count). The highest BCUT2D eigenvalue weighted by molar-refractivity contribution is 8.14. The summed E-state index contributed by atoms with van der Waals surface area (Å²) < 4.78 is 0. The molecule has 1 N–H and O–H groups in total. The van der Waals surface area contributed by atoms with E-state index in [0.29, 0.717) is 0 Å². The molecule has 1 heterocycles. The highest BCUT2D eigenvalue weighted by Gasteiger charge is 1.76. The van der Waals surface area contributed by atoms with Gasteiger partial charge in [-0.2, -0.15) is 5.10 Å². The molecule has 0 aromatic carbocycles. The fourth-order valence-electron chi connectivity index (χ4n) is 0.185. The zero-order valence-corrected chi connectivity index (χ0v) is 3.83. The van der Waals surface area contributed by atoms with Crippen molar-refractivity contribution >= 4 is 17.3 Å². The highest BCUT2D eigenvalue weighted by Crippen LogP contribution is 1.96. The molecule has 0 spiro atoms. The summed E-state index contributed by atoms with van der Waals surface area (Å²) in [5.74, 6) is 0. The van der Waals surface area contributed by atoms with Crippen molar-refractivity contribution < 1.29 is 0 Å². The molecule has 0 aromatic heterocycles. The van der Waals surface area contributed by atoms with E-state index < -0.39 is 0 Å². The van der Waals surface area contributed by atoms with E-state index in [2.05, 4.69) is 16.7 Å². The molecule has 0 unspecified atom stereocenters. The van der Waals surface area contributed by atoms with Crippen molar-refractivity contribution in [1.29, 1.82) is 0 Å². The summed E-state index contributed by atoms with van der Waals surface area (Å²) in [6.45, 7) is 0. The number of rotatable bonds is 0. The fraction of sp³-hybridized carbons (Fsp3) is 0. The third-order valence-corrected chi connectivity index (χ3v) is 0.851. The first-order chi connectivity index (χ1) is 3.00. The van der Waals surface area contributed by atoms with E-state index in [1.54, 1.807) is 11.0 Å². The number of thioether (sulfide) groups is 1. The van der Waals surface area contributed by atoms with Crippen molar-refractivity contribution in [2.24, 2.45) is 5.10 Å². The molecular weight excluding hydrogens is 96.1 g/mol. The molecule has 0 saturated heterocycles. The molecule has 0 saturated carbocycles. The van der Waals surface area contributed by atoms with Crippen molar-refractivity contribution in [1.82, 2.24) is 5.43 Å². The summed E-state index contributed by atoms with van der Waals surface area (Å²) in [7, 11) is 0. The SMILES string of the molecule is [C]1=CSC=NN1. The monoisotopic (exact) mass is 99.0 g/mol. The minimum absolute atomic E-state index is 1.50. The summed E-state index contributed by atoms with van der Waals surface area (Å²) in [6, 6.07) is 0. The number of hydrogen-bond acceptors (Lipinski definition) is 3. The summed E-state index contributed by atoms with van der Waals surface area (Å²) >= 11 is 1.50.